The number of piperidine rings is 1. The van der Waals surface area contributed by atoms with Crippen molar-refractivity contribution in [3.63, 3.8) is 0 Å². The molecule has 2 aliphatic rings. The number of alkyl halides is 1. The van der Waals surface area contributed by atoms with Crippen LogP contribution in [0.25, 0.3) is 11.0 Å². The first-order valence-electron chi connectivity index (χ1n) is 18.2. The highest BCUT2D eigenvalue weighted by Gasteiger charge is 2.32. The van der Waals surface area contributed by atoms with Gasteiger partial charge >= 0.3 is 5.95 Å². The van der Waals surface area contributed by atoms with Gasteiger partial charge < -0.3 is 14.3 Å². The second-order valence-electron chi connectivity index (χ2n) is 15.0. The molecule has 0 radical (unpaired) electrons. The molecule has 2 fully saturated rings. The van der Waals surface area contributed by atoms with E-state index in [0.717, 1.165) is 94.8 Å². The van der Waals surface area contributed by atoms with Gasteiger partial charge in [-0.1, -0.05) is 40.0 Å². The van der Waals surface area contributed by atoms with Crippen molar-refractivity contribution >= 4 is 23.3 Å². The standard InChI is InChI=1S/C37H63FN5O/c1-7-10-29(4)43(5,6)37-39-25-34-35(26-42(36(34)40-37)33-16-14-28(3)15-17-33)32(11-8-2)13-9-12-31(27-44)24-30-18-21-41(22-19-30)23-20-38/h25-33H,7-24H2,1-6H3/q+1/t28?,29-,31-,32?,33?/m0/s1. The number of carbonyl (C=O) groups excluding carboxylic acids is 1. The van der Waals surface area contributed by atoms with E-state index in [1.165, 1.54) is 42.9 Å². The molecule has 0 amide bonds. The number of quaternary nitrogens is 1. The van der Waals surface area contributed by atoms with Gasteiger partial charge in [-0.15, -0.1) is 0 Å². The number of carbonyl (C=O) groups is 1. The van der Waals surface area contributed by atoms with Crippen LogP contribution < -0.4 is 4.48 Å². The van der Waals surface area contributed by atoms with Crippen LogP contribution in [-0.2, 0) is 4.79 Å². The number of aldehydes is 1. The van der Waals surface area contributed by atoms with Gasteiger partial charge in [0.1, 0.15) is 18.6 Å². The van der Waals surface area contributed by atoms with E-state index in [-0.39, 0.29) is 12.6 Å². The molecule has 1 aliphatic heterocycles. The molecule has 2 aromatic rings. The lowest BCUT2D eigenvalue weighted by Crippen LogP contribution is -2.49. The predicted octanol–water partition coefficient (Wildman–Crippen LogP) is 8.88. The zero-order valence-electron chi connectivity index (χ0n) is 28.9. The molecule has 3 atom stereocenters. The number of hydrogen-bond donors (Lipinski definition) is 0. The summed E-state index contributed by atoms with van der Waals surface area (Å²) < 4.78 is 16.0. The van der Waals surface area contributed by atoms with Gasteiger partial charge in [0.25, 0.3) is 0 Å². The Bertz CT molecular complexity index is 1150. The van der Waals surface area contributed by atoms with Crippen molar-refractivity contribution in [2.24, 2.45) is 17.8 Å². The molecule has 1 aliphatic carbocycles. The van der Waals surface area contributed by atoms with E-state index in [2.05, 4.69) is 63.7 Å². The fraction of sp³-hybridized carbons (Fsp3) is 0.811. The summed E-state index contributed by atoms with van der Waals surface area (Å²) in [4.78, 5) is 24.7. The molecular weight excluding hydrogens is 549 g/mol. The summed E-state index contributed by atoms with van der Waals surface area (Å²) in [5.74, 6) is 2.92. The van der Waals surface area contributed by atoms with Gasteiger partial charge in [0.05, 0.1) is 20.1 Å². The number of rotatable bonds is 17. The second kappa shape index (κ2) is 16.6. The lowest BCUT2D eigenvalue weighted by Gasteiger charge is -2.33. The minimum Gasteiger partial charge on any atom is -0.329 e. The largest absolute Gasteiger partial charge is 0.330 e. The topological polar surface area (TPSA) is 51.0 Å². The first-order valence-corrected chi connectivity index (χ1v) is 18.2. The number of hydrogen-bond acceptors (Lipinski definition) is 4. The smallest absolute Gasteiger partial charge is 0.329 e. The molecule has 0 N–H and O–H groups in total. The van der Waals surface area contributed by atoms with Crippen LogP contribution in [0, 0.1) is 17.8 Å². The van der Waals surface area contributed by atoms with E-state index in [9.17, 15) is 9.18 Å². The number of likely N-dealkylation sites (tertiary alicyclic amines) is 1. The van der Waals surface area contributed by atoms with Crippen LogP contribution in [0.4, 0.5) is 10.3 Å². The molecule has 2 aromatic heterocycles. The van der Waals surface area contributed by atoms with Crippen molar-refractivity contribution in [3.8, 4) is 0 Å². The van der Waals surface area contributed by atoms with E-state index in [1.54, 1.807) is 0 Å². The number of fused-ring (bicyclic) bond motifs is 1. The Kier molecular flexibility index (Phi) is 13.2. The molecule has 44 heavy (non-hydrogen) atoms. The van der Waals surface area contributed by atoms with Gasteiger partial charge in [0, 0.05) is 36.3 Å². The van der Waals surface area contributed by atoms with Gasteiger partial charge in [-0.2, -0.15) is 9.97 Å². The monoisotopic (exact) mass is 613 g/mol. The normalized spacial score (nSPS) is 22.7. The average Bonchev–Trinajstić information content (AvgIpc) is 3.40. The van der Waals surface area contributed by atoms with Crippen molar-refractivity contribution in [1.82, 2.24) is 23.9 Å². The first-order chi connectivity index (χ1) is 21.2. The lowest BCUT2D eigenvalue weighted by molar-refractivity contribution is -0.111. The maximum Gasteiger partial charge on any atom is 0.330 e. The third-order valence-corrected chi connectivity index (χ3v) is 11.4. The van der Waals surface area contributed by atoms with Gasteiger partial charge in [-0.05, 0) is 114 Å². The predicted molar refractivity (Wildman–Crippen MR) is 183 cm³/mol. The fourth-order valence-corrected chi connectivity index (χ4v) is 8.05. The summed E-state index contributed by atoms with van der Waals surface area (Å²) in [5, 5.41) is 1.24. The van der Waals surface area contributed by atoms with Crippen LogP contribution in [0.2, 0.25) is 0 Å². The van der Waals surface area contributed by atoms with Crippen LogP contribution in [0.3, 0.4) is 0 Å². The van der Waals surface area contributed by atoms with Crippen molar-refractivity contribution < 1.29 is 9.18 Å². The average molecular weight is 613 g/mol. The molecule has 1 unspecified atom stereocenters. The molecule has 7 heteroatoms. The number of aromatic nitrogens is 3. The fourth-order valence-electron chi connectivity index (χ4n) is 8.05. The van der Waals surface area contributed by atoms with Crippen LogP contribution in [-0.4, -0.2) is 72.2 Å². The van der Waals surface area contributed by atoms with E-state index < -0.39 is 0 Å². The van der Waals surface area contributed by atoms with Crippen molar-refractivity contribution in [2.45, 2.75) is 136 Å². The highest BCUT2D eigenvalue weighted by Crippen LogP contribution is 2.40. The van der Waals surface area contributed by atoms with Crippen molar-refractivity contribution in [3.05, 3.63) is 18.0 Å². The highest BCUT2D eigenvalue weighted by atomic mass is 19.1. The first kappa shape index (κ1) is 35.0. The summed E-state index contributed by atoms with van der Waals surface area (Å²) in [6, 6.07) is 0.962. The van der Waals surface area contributed by atoms with Gasteiger partial charge in [0.15, 0.2) is 0 Å². The minimum absolute atomic E-state index is 0.136. The third-order valence-electron chi connectivity index (χ3n) is 11.4. The molecule has 3 heterocycles. The Morgan fingerprint density at radius 2 is 1.73 bits per heavy atom. The molecule has 0 bridgehead atoms. The third kappa shape index (κ3) is 8.69. The van der Waals surface area contributed by atoms with Crippen molar-refractivity contribution in [1.29, 1.82) is 0 Å². The quantitative estimate of drug-likeness (QED) is 0.132. The van der Waals surface area contributed by atoms with E-state index in [1.807, 2.05) is 0 Å². The number of nitrogens with zero attached hydrogens (tertiary/aromatic N) is 5. The Morgan fingerprint density at radius 3 is 2.36 bits per heavy atom. The molecule has 248 valence electrons. The van der Waals surface area contributed by atoms with Crippen LogP contribution in [0.15, 0.2) is 12.4 Å². The van der Waals surface area contributed by atoms with Gasteiger partial charge in [-0.25, -0.2) is 4.39 Å². The Hall–Kier alpha value is -1.86. The number of halogens is 1. The minimum atomic E-state index is -0.262. The molecule has 1 saturated carbocycles. The molecule has 0 spiro atoms. The molecular formula is C37H63FN5O+. The van der Waals surface area contributed by atoms with Gasteiger partial charge in [0.2, 0.25) is 0 Å². The van der Waals surface area contributed by atoms with Crippen LogP contribution in [0.1, 0.15) is 135 Å². The summed E-state index contributed by atoms with van der Waals surface area (Å²) in [7, 11) is 4.52. The van der Waals surface area contributed by atoms with Crippen molar-refractivity contribution in [2.75, 3.05) is 40.4 Å². The zero-order valence-corrected chi connectivity index (χ0v) is 28.9. The lowest BCUT2D eigenvalue weighted by atomic mass is 9.84. The molecule has 1 saturated heterocycles. The Labute approximate surface area is 267 Å². The molecule has 6 nitrogen and oxygen atoms in total. The summed E-state index contributed by atoms with van der Waals surface area (Å²) in [6.45, 7) is 11.5. The Morgan fingerprint density at radius 1 is 1.02 bits per heavy atom. The summed E-state index contributed by atoms with van der Waals surface area (Å²) in [5.41, 5.74) is 2.55. The Balaban J connectivity index is 1.52. The van der Waals surface area contributed by atoms with Crippen LogP contribution in [0.5, 0.6) is 0 Å². The van der Waals surface area contributed by atoms with E-state index >= 15 is 0 Å². The van der Waals surface area contributed by atoms with E-state index in [4.69, 9.17) is 9.97 Å². The van der Waals surface area contributed by atoms with E-state index in [0.29, 0.717) is 34.9 Å². The van der Waals surface area contributed by atoms with Gasteiger partial charge in [-0.3, -0.25) is 4.48 Å². The molecule has 0 aromatic carbocycles. The maximum atomic E-state index is 12.7. The summed E-state index contributed by atoms with van der Waals surface area (Å²) in [6.07, 6.45) is 21.8. The summed E-state index contributed by atoms with van der Waals surface area (Å²) >= 11 is 0. The highest BCUT2D eigenvalue weighted by molar-refractivity contribution is 5.81. The zero-order chi connectivity index (χ0) is 31.7. The second-order valence-corrected chi connectivity index (χ2v) is 15.0. The molecule has 4 rings (SSSR count). The van der Waals surface area contributed by atoms with Crippen LogP contribution >= 0.6 is 0 Å². The SMILES string of the molecule is CCCC(CCC[C@H](C=O)CC1CCN(CCF)CC1)c1cn(C2CCC(C)CC2)c2nc([N+](C)(C)[C@@H](C)CCC)ncc12. The maximum absolute atomic E-state index is 12.7.